The van der Waals surface area contributed by atoms with Gasteiger partial charge >= 0.3 is 6.18 Å². The number of nitrogens with two attached hydrogens (primary N) is 1. The molecule has 0 unspecified atom stereocenters. The molecule has 0 spiro atoms. The lowest BCUT2D eigenvalue weighted by atomic mass is 10.0. The van der Waals surface area contributed by atoms with Gasteiger partial charge in [0.1, 0.15) is 11.6 Å². The highest BCUT2D eigenvalue weighted by molar-refractivity contribution is 6.35. The summed E-state index contributed by atoms with van der Waals surface area (Å²) in [6.45, 7) is -0.678. The van der Waals surface area contributed by atoms with E-state index in [1.165, 1.54) is 18.2 Å². The van der Waals surface area contributed by atoms with E-state index in [1.54, 1.807) is 6.07 Å². The standard InChI is InChI=1S/C23H13Cl2F4N5O3/c24-12-4-11(8-30)5-14(6-12)37-19-20(23(27,28)29)33-10-34(22(19)36)9-13(31)7-16(21(32)35)15-2-1-3-17(26)18(15)25/h1-7,10,31H,9H2,(H2,32,35)/b16-7-,31-13?. The summed E-state index contributed by atoms with van der Waals surface area (Å²) in [4.78, 5) is 28.1. The molecule has 0 aliphatic heterocycles. The molecule has 8 nitrogen and oxygen atoms in total. The molecule has 3 N–H and O–H groups in total. The van der Waals surface area contributed by atoms with Crippen LogP contribution in [0, 0.1) is 22.6 Å². The first kappa shape index (κ1) is 27.4. The van der Waals surface area contributed by atoms with Gasteiger partial charge in [0, 0.05) is 16.2 Å². The summed E-state index contributed by atoms with van der Waals surface area (Å²) < 4.78 is 60.3. The first-order valence-electron chi connectivity index (χ1n) is 9.90. The second-order valence-electron chi connectivity index (χ2n) is 7.29. The molecule has 0 atom stereocenters. The third kappa shape index (κ3) is 6.32. The number of carbonyl (C=O) groups excluding carboxylic acids is 1. The van der Waals surface area contributed by atoms with Gasteiger partial charge in [0.15, 0.2) is 5.69 Å². The van der Waals surface area contributed by atoms with E-state index in [0.717, 1.165) is 24.3 Å². The molecule has 0 aliphatic carbocycles. The van der Waals surface area contributed by atoms with Gasteiger partial charge in [-0.15, -0.1) is 0 Å². The van der Waals surface area contributed by atoms with Crippen LogP contribution in [0.4, 0.5) is 17.6 Å². The minimum Gasteiger partial charge on any atom is -0.449 e. The first-order valence-corrected chi connectivity index (χ1v) is 10.7. The number of primary amides is 1. The van der Waals surface area contributed by atoms with Crippen LogP contribution in [0.1, 0.15) is 16.8 Å². The second-order valence-corrected chi connectivity index (χ2v) is 8.11. The molecular weight excluding hydrogens is 541 g/mol. The van der Waals surface area contributed by atoms with Gasteiger partial charge in [-0.2, -0.15) is 18.4 Å². The molecule has 14 heteroatoms. The zero-order chi connectivity index (χ0) is 27.5. The number of rotatable bonds is 7. The van der Waals surface area contributed by atoms with E-state index >= 15 is 0 Å². The summed E-state index contributed by atoms with van der Waals surface area (Å²) >= 11 is 11.7. The molecule has 3 aromatic rings. The summed E-state index contributed by atoms with van der Waals surface area (Å²) in [5.41, 5.74) is 1.31. The number of allylic oxidation sites excluding steroid dienone is 1. The normalized spacial score (nSPS) is 11.6. The third-order valence-electron chi connectivity index (χ3n) is 4.65. The molecule has 190 valence electrons. The fourth-order valence-corrected chi connectivity index (χ4v) is 3.53. The lowest BCUT2D eigenvalue weighted by Crippen LogP contribution is -2.28. The van der Waals surface area contributed by atoms with Crippen LogP contribution in [0.3, 0.4) is 0 Å². The Morgan fingerprint density at radius 2 is 1.97 bits per heavy atom. The van der Waals surface area contributed by atoms with Crippen LogP contribution in [0.5, 0.6) is 11.5 Å². The number of hydrogen-bond acceptors (Lipinski definition) is 6. The van der Waals surface area contributed by atoms with Crippen LogP contribution in [-0.2, 0) is 17.5 Å². The number of carbonyl (C=O) groups is 1. The average molecular weight is 554 g/mol. The molecule has 0 saturated carbocycles. The zero-order valence-corrected chi connectivity index (χ0v) is 19.7. The van der Waals surface area contributed by atoms with Crippen LogP contribution >= 0.6 is 23.2 Å². The Labute approximate surface area is 215 Å². The summed E-state index contributed by atoms with van der Waals surface area (Å²) in [5.74, 6) is -3.50. The number of halogens is 6. The van der Waals surface area contributed by atoms with Crippen LogP contribution < -0.4 is 16.0 Å². The number of hydrogen-bond donors (Lipinski definition) is 2. The Bertz CT molecular complexity index is 1540. The fraction of sp³-hybridized carbons (Fsp3) is 0.0870. The van der Waals surface area contributed by atoms with Crippen molar-refractivity contribution in [2.45, 2.75) is 12.7 Å². The maximum atomic E-state index is 13.8. The molecule has 1 heterocycles. The highest BCUT2D eigenvalue weighted by Gasteiger charge is 2.38. The van der Waals surface area contributed by atoms with Crippen LogP contribution in [0.2, 0.25) is 10.0 Å². The number of ether oxygens (including phenoxy) is 1. The van der Waals surface area contributed by atoms with E-state index in [1.807, 2.05) is 0 Å². The van der Waals surface area contributed by atoms with E-state index in [9.17, 15) is 27.2 Å². The number of aromatic nitrogens is 2. The van der Waals surface area contributed by atoms with E-state index in [2.05, 4.69) is 4.98 Å². The molecule has 37 heavy (non-hydrogen) atoms. The smallest absolute Gasteiger partial charge is 0.437 e. The lowest BCUT2D eigenvalue weighted by Gasteiger charge is -2.15. The first-order chi connectivity index (χ1) is 17.3. The third-order valence-corrected chi connectivity index (χ3v) is 5.25. The van der Waals surface area contributed by atoms with E-state index in [4.69, 9.17) is 44.3 Å². The van der Waals surface area contributed by atoms with Gasteiger partial charge in [0.25, 0.3) is 5.56 Å². The number of nitrogens with zero attached hydrogens (tertiary/aromatic N) is 3. The van der Waals surface area contributed by atoms with Crippen LogP contribution in [-0.4, -0.2) is 21.2 Å². The van der Waals surface area contributed by atoms with Gasteiger partial charge in [-0.1, -0.05) is 35.3 Å². The average Bonchev–Trinajstić information content (AvgIpc) is 2.80. The fourth-order valence-electron chi connectivity index (χ4n) is 3.08. The van der Waals surface area contributed by atoms with Gasteiger partial charge in [-0.25, -0.2) is 9.37 Å². The number of alkyl halides is 3. The maximum Gasteiger partial charge on any atom is 0.437 e. The summed E-state index contributed by atoms with van der Waals surface area (Å²) in [6.07, 6.45) is -3.66. The largest absolute Gasteiger partial charge is 0.449 e. The van der Waals surface area contributed by atoms with E-state index in [0.29, 0.717) is 10.9 Å². The van der Waals surface area contributed by atoms with Crippen molar-refractivity contribution in [3.05, 3.63) is 91.8 Å². The lowest BCUT2D eigenvalue weighted by molar-refractivity contribution is -0.142. The topological polar surface area (TPSA) is 135 Å². The molecule has 1 aromatic heterocycles. The maximum absolute atomic E-state index is 13.8. The van der Waals surface area contributed by atoms with Crippen molar-refractivity contribution in [2.75, 3.05) is 0 Å². The zero-order valence-electron chi connectivity index (χ0n) is 18.2. The molecule has 0 bridgehead atoms. The van der Waals surface area contributed by atoms with Gasteiger partial charge in [-0.05, 0) is 30.3 Å². The SMILES string of the molecule is N#Cc1cc(Cl)cc(Oc2c(C(F)(F)F)ncn(CC(=N)/C=C(\C(N)=O)c3cccc(F)c3Cl)c2=O)c1. The van der Waals surface area contributed by atoms with Gasteiger partial charge in [0.2, 0.25) is 11.7 Å². The van der Waals surface area contributed by atoms with Gasteiger partial charge in [0.05, 0.1) is 35.2 Å². The van der Waals surface area contributed by atoms with E-state index < -0.39 is 52.2 Å². The number of benzene rings is 2. The Balaban J connectivity index is 2.05. The minimum absolute atomic E-state index is 0.0336. The van der Waals surface area contributed by atoms with Gasteiger partial charge < -0.3 is 15.9 Å². The molecule has 1 amide bonds. The molecule has 3 rings (SSSR count). The molecule has 2 aromatic carbocycles. The summed E-state index contributed by atoms with van der Waals surface area (Å²) in [5, 5.41) is 16.7. The highest BCUT2D eigenvalue weighted by Crippen LogP contribution is 2.35. The minimum atomic E-state index is -5.09. The highest BCUT2D eigenvalue weighted by atomic mass is 35.5. The predicted octanol–water partition coefficient (Wildman–Crippen LogP) is 4.96. The Morgan fingerprint density at radius 3 is 2.59 bits per heavy atom. The Kier molecular flexibility index (Phi) is 8.00. The van der Waals surface area contributed by atoms with Crippen molar-refractivity contribution in [3.63, 3.8) is 0 Å². The van der Waals surface area contributed by atoms with Crippen LogP contribution in [0.25, 0.3) is 5.57 Å². The molecule has 0 fully saturated rings. The van der Waals surface area contributed by atoms with Crippen molar-refractivity contribution in [1.82, 2.24) is 9.55 Å². The van der Waals surface area contributed by atoms with Crippen LogP contribution in [0.15, 0.2) is 53.6 Å². The van der Waals surface area contributed by atoms with Crippen molar-refractivity contribution >= 4 is 40.4 Å². The van der Waals surface area contributed by atoms with Crippen molar-refractivity contribution in [2.24, 2.45) is 5.73 Å². The van der Waals surface area contributed by atoms with Crippen molar-refractivity contribution in [3.8, 4) is 17.6 Å². The van der Waals surface area contributed by atoms with Gasteiger partial charge in [-0.3, -0.25) is 14.2 Å². The monoisotopic (exact) mass is 553 g/mol. The molecule has 0 saturated heterocycles. The second kappa shape index (κ2) is 10.8. The van der Waals surface area contributed by atoms with Crippen molar-refractivity contribution < 1.29 is 27.1 Å². The Hall–Kier alpha value is -4.21. The quantitative estimate of drug-likeness (QED) is 0.242. The molecular formula is C23H13Cl2F4N5O3. The van der Waals surface area contributed by atoms with Crippen molar-refractivity contribution in [1.29, 1.82) is 10.7 Å². The number of amides is 1. The molecule has 0 aliphatic rings. The predicted molar refractivity (Wildman–Crippen MR) is 126 cm³/mol. The Morgan fingerprint density at radius 1 is 1.27 bits per heavy atom. The number of nitriles is 1. The molecule has 0 radical (unpaired) electrons. The number of nitrogens with one attached hydrogen (secondary N) is 1. The summed E-state index contributed by atoms with van der Waals surface area (Å²) in [6, 6.07) is 8.69. The van der Waals surface area contributed by atoms with E-state index in [-0.39, 0.29) is 27.5 Å². The summed E-state index contributed by atoms with van der Waals surface area (Å²) in [7, 11) is 0.